The lowest BCUT2D eigenvalue weighted by Gasteiger charge is -2.35. The first-order valence-electron chi connectivity index (χ1n) is 11.4. The van der Waals surface area contributed by atoms with Crippen molar-refractivity contribution < 1.29 is 22.7 Å². The first-order chi connectivity index (χ1) is 17.5. The number of anilines is 2. The Labute approximate surface area is 224 Å². The number of thioether (sulfide) groups is 1. The van der Waals surface area contributed by atoms with Crippen molar-refractivity contribution in [1.82, 2.24) is 10.2 Å². The molecule has 0 saturated carbocycles. The molecule has 196 valence electrons. The molecule has 0 spiro atoms. The topological polar surface area (TPSA) is 111 Å². The summed E-state index contributed by atoms with van der Waals surface area (Å²) in [5.41, 5.74) is 1.09. The zero-order valence-corrected chi connectivity index (χ0v) is 23.4. The third-order valence-electron chi connectivity index (χ3n) is 5.60. The molecule has 0 bridgehead atoms. The molecule has 1 aliphatic rings. The average molecular weight is 561 g/mol. The Balaban J connectivity index is 1.67. The van der Waals surface area contributed by atoms with Gasteiger partial charge in [0.05, 0.1) is 24.2 Å². The van der Waals surface area contributed by atoms with E-state index in [1.807, 2.05) is 26.8 Å². The summed E-state index contributed by atoms with van der Waals surface area (Å²) in [6.45, 7) is 9.59. The first-order valence-corrected chi connectivity index (χ1v) is 14.6. The quantitative estimate of drug-likeness (QED) is 0.239. The van der Waals surface area contributed by atoms with E-state index in [0.29, 0.717) is 32.4 Å². The zero-order chi connectivity index (χ0) is 26.8. The number of nitrogens with zero attached hydrogens (tertiary/aromatic N) is 3. The van der Waals surface area contributed by atoms with Crippen LogP contribution >= 0.6 is 23.1 Å². The van der Waals surface area contributed by atoms with Crippen molar-refractivity contribution in [2.24, 2.45) is 0 Å². The number of carbonyl (C=O) groups excluding carboxylic acids is 1. The Kier molecular flexibility index (Phi) is 7.81. The Morgan fingerprint density at radius 1 is 1.27 bits per heavy atom. The molecule has 1 atom stereocenters. The lowest BCUT2D eigenvalue weighted by atomic mass is 9.86. The molecule has 2 aromatic carbocycles. The van der Waals surface area contributed by atoms with E-state index >= 15 is 0 Å². The Bertz CT molecular complexity index is 1400. The van der Waals surface area contributed by atoms with E-state index in [-0.39, 0.29) is 16.9 Å². The predicted octanol–water partition coefficient (Wildman–Crippen LogP) is 4.72. The van der Waals surface area contributed by atoms with Crippen molar-refractivity contribution in [2.75, 3.05) is 29.0 Å². The number of carbonyl (C=O) groups is 1. The van der Waals surface area contributed by atoms with Gasteiger partial charge < -0.3 is 9.47 Å². The first kappa shape index (κ1) is 27.0. The SMILES string of the molecule is C=CCSc1nnc(NC(=O)[C@@H]2CN(S(=O)(=O)c3ccc(OC)cc3)c3cc(C(C)(C)C)ccc3O2)s1. The van der Waals surface area contributed by atoms with Crippen molar-refractivity contribution in [3.8, 4) is 11.5 Å². The average Bonchev–Trinajstić information content (AvgIpc) is 3.32. The Morgan fingerprint density at radius 2 is 2.00 bits per heavy atom. The van der Waals surface area contributed by atoms with E-state index in [1.54, 1.807) is 30.3 Å². The highest BCUT2D eigenvalue weighted by atomic mass is 32.2. The van der Waals surface area contributed by atoms with Crippen LogP contribution in [0.3, 0.4) is 0 Å². The number of methoxy groups -OCH3 is 1. The summed E-state index contributed by atoms with van der Waals surface area (Å²) < 4.78 is 40.7. The fraction of sp³-hybridized carbons (Fsp3) is 0.320. The molecule has 2 heterocycles. The van der Waals surface area contributed by atoms with Gasteiger partial charge in [-0.2, -0.15) is 0 Å². The van der Waals surface area contributed by atoms with Crippen molar-refractivity contribution in [1.29, 1.82) is 0 Å². The van der Waals surface area contributed by atoms with Crippen molar-refractivity contribution >= 4 is 49.8 Å². The molecule has 0 saturated heterocycles. The highest BCUT2D eigenvalue weighted by molar-refractivity contribution is 8.01. The number of aromatic nitrogens is 2. The maximum atomic E-state index is 13.8. The Hall–Kier alpha value is -3.09. The second-order valence-corrected chi connectivity index (χ2v) is 13.3. The Morgan fingerprint density at radius 3 is 2.65 bits per heavy atom. The molecule has 3 aromatic rings. The van der Waals surface area contributed by atoms with Crippen molar-refractivity contribution in [3.63, 3.8) is 0 Å². The number of ether oxygens (including phenoxy) is 2. The standard InChI is InChI=1S/C25H28N4O5S3/c1-6-13-35-24-28-27-23(36-24)26-22(30)21-15-29(37(31,32)18-10-8-17(33-5)9-11-18)19-14-16(25(2,3)4)7-12-20(19)34-21/h6-12,14,21H,1,13,15H2,2-5H3,(H,26,27,30)/t21-/m0/s1. The van der Waals surface area contributed by atoms with Crippen LogP contribution in [0.1, 0.15) is 26.3 Å². The number of fused-ring (bicyclic) bond motifs is 1. The van der Waals surface area contributed by atoms with E-state index in [1.165, 1.54) is 46.6 Å². The number of hydrogen-bond donors (Lipinski definition) is 1. The van der Waals surface area contributed by atoms with Crippen LogP contribution in [0.25, 0.3) is 0 Å². The maximum absolute atomic E-state index is 13.8. The minimum atomic E-state index is -4.03. The molecule has 0 radical (unpaired) electrons. The van der Waals surface area contributed by atoms with Gasteiger partial charge in [-0.1, -0.05) is 56.0 Å². The van der Waals surface area contributed by atoms with Gasteiger partial charge in [-0.05, 0) is 47.4 Å². The zero-order valence-electron chi connectivity index (χ0n) is 20.9. The molecule has 0 fully saturated rings. The van der Waals surface area contributed by atoms with Crippen LogP contribution in [-0.4, -0.2) is 50.0 Å². The molecule has 1 amide bonds. The fourth-order valence-corrected chi connectivity index (χ4v) is 6.58. The minimum absolute atomic E-state index is 0.0782. The second kappa shape index (κ2) is 10.7. The van der Waals surface area contributed by atoms with Gasteiger partial charge in [-0.3, -0.25) is 14.4 Å². The summed E-state index contributed by atoms with van der Waals surface area (Å²) >= 11 is 2.67. The minimum Gasteiger partial charge on any atom is -0.497 e. The molecule has 9 nitrogen and oxygen atoms in total. The highest BCUT2D eigenvalue weighted by Crippen LogP contribution is 2.40. The molecule has 1 aromatic heterocycles. The largest absolute Gasteiger partial charge is 0.497 e. The van der Waals surface area contributed by atoms with Crippen LogP contribution < -0.4 is 19.1 Å². The summed E-state index contributed by atoms with van der Waals surface area (Å²) in [7, 11) is -2.52. The van der Waals surface area contributed by atoms with Crippen LogP contribution in [0.5, 0.6) is 11.5 Å². The number of hydrogen-bond acceptors (Lipinski definition) is 9. The number of rotatable bonds is 8. The summed E-state index contributed by atoms with van der Waals surface area (Å²) in [5, 5.41) is 11.1. The molecule has 1 aliphatic heterocycles. The van der Waals surface area contributed by atoms with Gasteiger partial charge in [-0.25, -0.2) is 8.42 Å². The number of sulfonamides is 1. The fourth-order valence-electron chi connectivity index (χ4n) is 3.59. The third kappa shape index (κ3) is 5.91. The van der Waals surface area contributed by atoms with E-state index in [9.17, 15) is 13.2 Å². The molecule has 4 rings (SSSR count). The van der Waals surface area contributed by atoms with E-state index in [0.717, 1.165) is 5.56 Å². The number of amides is 1. The van der Waals surface area contributed by atoms with Crippen molar-refractivity contribution in [3.05, 3.63) is 60.7 Å². The monoisotopic (exact) mass is 560 g/mol. The third-order valence-corrected chi connectivity index (χ3v) is 9.36. The molecule has 0 unspecified atom stereocenters. The molecule has 1 N–H and O–H groups in total. The molecule has 0 aliphatic carbocycles. The normalized spacial score (nSPS) is 15.5. The molecular formula is C25H28N4O5S3. The van der Waals surface area contributed by atoms with Gasteiger partial charge in [0.15, 0.2) is 10.4 Å². The van der Waals surface area contributed by atoms with E-state index in [2.05, 4.69) is 22.1 Å². The summed E-state index contributed by atoms with van der Waals surface area (Å²) in [6, 6.07) is 11.5. The molecule has 12 heteroatoms. The van der Waals surface area contributed by atoms with Gasteiger partial charge >= 0.3 is 0 Å². The van der Waals surface area contributed by atoms with Crippen LogP contribution in [0.2, 0.25) is 0 Å². The maximum Gasteiger partial charge on any atom is 0.269 e. The lowest BCUT2D eigenvalue weighted by molar-refractivity contribution is -0.122. The second-order valence-electron chi connectivity index (χ2n) is 9.21. The van der Waals surface area contributed by atoms with E-state index in [4.69, 9.17) is 9.47 Å². The van der Waals surface area contributed by atoms with Gasteiger partial charge in [-0.15, -0.1) is 16.8 Å². The smallest absolute Gasteiger partial charge is 0.269 e. The van der Waals surface area contributed by atoms with E-state index < -0.39 is 22.0 Å². The predicted molar refractivity (Wildman–Crippen MR) is 147 cm³/mol. The summed E-state index contributed by atoms with van der Waals surface area (Å²) in [4.78, 5) is 13.2. The lowest BCUT2D eigenvalue weighted by Crippen LogP contribution is -2.49. The van der Waals surface area contributed by atoms with Crippen molar-refractivity contribution in [2.45, 2.75) is 41.5 Å². The van der Waals surface area contributed by atoms with Crippen LogP contribution in [0.4, 0.5) is 10.8 Å². The highest BCUT2D eigenvalue weighted by Gasteiger charge is 2.38. The molecular weight excluding hydrogens is 532 g/mol. The van der Waals surface area contributed by atoms with Gasteiger partial charge in [0.2, 0.25) is 5.13 Å². The number of benzene rings is 2. The van der Waals surface area contributed by atoms with Gasteiger partial charge in [0.1, 0.15) is 11.5 Å². The van der Waals surface area contributed by atoms with Gasteiger partial charge in [0, 0.05) is 5.75 Å². The van der Waals surface area contributed by atoms with Crippen LogP contribution in [0.15, 0.2) is 64.4 Å². The van der Waals surface area contributed by atoms with Gasteiger partial charge in [0.25, 0.3) is 15.9 Å². The summed E-state index contributed by atoms with van der Waals surface area (Å²) in [6.07, 6.45) is 0.648. The van der Waals surface area contributed by atoms with Crippen LogP contribution in [-0.2, 0) is 20.2 Å². The van der Waals surface area contributed by atoms with Crippen LogP contribution in [0, 0.1) is 0 Å². The molecule has 37 heavy (non-hydrogen) atoms. The number of nitrogens with one attached hydrogen (secondary N) is 1. The summed E-state index contributed by atoms with van der Waals surface area (Å²) in [5.74, 6) is 0.990.